The van der Waals surface area contributed by atoms with E-state index in [2.05, 4.69) is 20.3 Å². The molecule has 2 heterocycles. The molecule has 0 amide bonds. The largest absolute Gasteiger partial charge is 0.416 e. The zero-order valence-electron chi connectivity index (χ0n) is 12.8. The number of alkyl halides is 3. The highest BCUT2D eigenvalue weighted by Gasteiger charge is 2.32. The first-order valence-electron chi connectivity index (χ1n) is 7.26. The second-order valence-corrected chi connectivity index (χ2v) is 5.17. The predicted octanol–water partition coefficient (Wildman–Crippen LogP) is 4.31. The molecule has 0 fully saturated rings. The van der Waals surface area contributed by atoms with Gasteiger partial charge < -0.3 is 5.32 Å². The van der Waals surface area contributed by atoms with Crippen LogP contribution in [0.1, 0.15) is 11.1 Å². The lowest BCUT2D eigenvalue weighted by Crippen LogP contribution is -2.12. The summed E-state index contributed by atoms with van der Waals surface area (Å²) in [6, 6.07) is 8.05. The SMILES string of the molecule is Fc1cncc(-c2nccc(NCc3ccccc3C(F)(F)F)n2)c1. The van der Waals surface area contributed by atoms with E-state index in [1.54, 1.807) is 0 Å². The summed E-state index contributed by atoms with van der Waals surface area (Å²) in [5.41, 5.74) is -0.229. The van der Waals surface area contributed by atoms with E-state index in [9.17, 15) is 17.6 Å². The third-order valence-corrected chi connectivity index (χ3v) is 3.40. The van der Waals surface area contributed by atoms with Crippen molar-refractivity contribution in [3.8, 4) is 11.4 Å². The third kappa shape index (κ3) is 4.09. The zero-order chi connectivity index (χ0) is 17.9. The van der Waals surface area contributed by atoms with Gasteiger partial charge in [-0.2, -0.15) is 13.2 Å². The van der Waals surface area contributed by atoms with Crippen molar-refractivity contribution < 1.29 is 17.6 Å². The molecule has 0 atom stereocenters. The topological polar surface area (TPSA) is 50.7 Å². The molecule has 0 saturated heterocycles. The van der Waals surface area contributed by atoms with Crippen LogP contribution in [0.2, 0.25) is 0 Å². The molecule has 1 N–H and O–H groups in total. The van der Waals surface area contributed by atoms with Crippen LogP contribution in [0.3, 0.4) is 0 Å². The molecule has 0 radical (unpaired) electrons. The molecule has 0 unspecified atom stereocenters. The number of nitrogens with zero attached hydrogens (tertiary/aromatic N) is 3. The van der Waals surface area contributed by atoms with Crippen molar-refractivity contribution in [2.24, 2.45) is 0 Å². The van der Waals surface area contributed by atoms with Gasteiger partial charge in [0, 0.05) is 24.5 Å². The molecule has 0 aliphatic heterocycles. The third-order valence-electron chi connectivity index (χ3n) is 3.40. The molecule has 0 bridgehead atoms. The normalized spacial score (nSPS) is 11.4. The molecule has 3 rings (SSSR count). The number of hydrogen-bond donors (Lipinski definition) is 1. The predicted molar refractivity (Wildman–Crippen MR) is 84.0 cm³/mol. The average molecular weight is 348 g/mol. The Kier molecular flexibility index (Phi) is 4.60. The van der Waals surface area contributed by atoms with Crippen molar-refractivity contribution in [2.75, 3.05) is 5.32 Å². The second kappa shape index (κ2) is 6.84. The molecule has 1 aromatic carbocycles. The van der Waals surface area contributed by atoms with Gasteiger partial charge in [-0.25, -0.2) is 14.4 Å². The van der Waals surface area contributed by atoms with Gasteiger partial charge in [-0.05, 0) is 23.8 Å². The summed E-state index contributed by atoms with van der Waals surface area (Å²) in [4.78, 5) is 11.9. The minimum absolute atomic E-state index is 0.0620. The highest BCUT2D eigenvalue weighted by atomic mass is 19.4. The Hall–Kier alpha value is -3.03. The van der Waals surface area contributed by atoms with Gasteiger partial charge in [-0.3, -0.25) is 4.98 Å². The van der Waals surface area contributed by atoms with Crippen LogP contribution in [0.25, 0.3) is 11.4 Å². The van der Waals surface area contributed by atoms with Gasteiger partial charge in [0.2, 0.25) is 0 Å². The fourth-order valence-electron chi connectivity index (χ4n) is 2.27. The lowest BCUT2D eigenvalue weighted by Gasteiger charge is -2.13. The molecular formula is C17H12F4N4. The molecule has 128 valence electrons. The van der Waals surface area contributed by atoms with Crippen molar-refractivity contribution in [1.29, 1.82) is 0 Å². The van der Waals surface area contributed by atoms with Crippen molar-refractivity contribution >= 4 is 5.82 Å². The van der Waals surface area contributed by atoms with Crippen LogP contribution in [-0.4, -0.2) is 15.0 Å². The maximum atomic E-state index is 13.2. The van der Waals surface area contributed by atoms with E-state index >= 15 is 0 Å². The molecular weight excluding hydrogens is 336 g/mol. The first-order chi connectivity index (χ1) is 11.9. The number of nitrogens with one attached hydrogen (secondary N) is 1. The number of pyridine rings is 1. The lowest BCUT2D eigenvalue weighted by molar-refractivity contribution is -0.138. The van der Waals surface area contributed by atoms with Crippen molar-refractivity contribution in [1.82, 2.24) is 15.0 Å². The molecule has 3 aromatic rings. The maximum Gasteiger partial charge on any atom is 0.416 e. The molecule has 0 aliphatic carbocycles. The molecule has 4 nitrogen and oxygen atoms in total. The van der Waals surface area contributed by atoms with E-state index in [0.29, 0.717) is 11.4 Å². The number of anilines is 1. The summed E-state index contributed by atoms with van der Waals surface area (Å²) in [5, 5.41) is 2.83. The van der Waals surface area contributed by atoms with E-state index in [0.717, 1.165) is 12.3 Å². The average Bonchev–Trinajstić information content (AvgIpc) is 2.60. The van der Waals surface area contributed by atoms with Gasteiger partial charge in [0.15, 0.2) is 5.82 Å². The van der Waals surface area contributed by atoms with Crippen LogP contribution < -0.4 is 5.32 Å². The summed E-state index contributed by atoms with van der Waals surface area (Å²) >= 11 is 0. The van der Waals surface area contributed by atoms with Crippen molar-refractivity contribution in [2.45, 2.75) is 12.7 Å². The van der Waals surface area contributed by atoms with Crippen LogP contribution in [0, 0.1) is 5.82 Å². The van der Waals surface area contributed by atoms with Crippen LogP contribution >= 0.6 is 0 Å². The van der Waals surface area contributed by atoms with Crippen LogP contribution in [-0.2, 0) is 12.7 Å². The second-order valence-electron chi connectivity index (χ2n) is 5.17. The minimum atomic E-state index is -4.43. The Balaban J connectivity index is 1.80. The van der Waals surface area contributed by atoms with E-state index < -0.39 is 17.6 Å². The van der Waals surface area contributed by atoms with E-state index in [1.165, 1.54) is 42.7 Å². The first-order valence-corrected chi connectivity index (χ1v) is 7.26. The molecule has 8 heteroatoms. The van der Waals surface area contributed by atoms with Crippen molar-refractivity contribution in [3.05, 3.63) is 71.9 Å². The number of halogens is 4. The minimum Gasteiger partial charge on any atom is -0.366 e. The number of benzene rings is 1. The highest BCUT2D eigenvalue weighted by molar-refractivity contribution is 5.55. The van der Waals surface area contributed by atoms with Crippen LogP contribution in [0.4, 0.5) is 23.4 Å². The molecule has 2 aromatic heterocycles. The van der Waals surface area contributed by atoms with E-state index in [-0.39, 0.29) is 17.9 Å². The van der Waals surface area contributed by atoms with Gasteiger partial charge in [-0.15, -0.1) is 0 Å². The number of rotatable bonds is 4. The quantitative estimate of drug-likeness (QED) is 0.714. The lowest BCUT2D eigenvalue weighted by atomic mass is 10.1. The van der Waals surface area contributed by atoms with Gasteiger partial charge in [0.1, 0.15) is 11.6 Å². The molecule has 0 saturated carbocycles. The smallest absolute Gasteiger partial charge is 0.366 e. The zero-order valence-corrected chi connectivity index (χ0v) is 12.8. The Morgan fingerprint density at radius 1 is 1.04 bits per heavy atom. The molecule has 0 aliphatic rings. The Morgan fingerprint density at radius 2 is 1.84 bits per heavy atom. The van der Waals surface area contributed by atoms with Gasteiger partial charge in [0.05, 0.1) is 11.8 Å². The summed E-state index contributed by atoms with van der Waals surface area (Å²) < 4.78 is 52.2. The van der Waals surface area contributed by atoms with Gasteiger partial charge in [-0.1, -0.05) is 18.2 Å². The highest BCUT2D eigenvalue weighted by Crippen LogP contribution is 2.32. The Morgan fingerprint density at radius 3 is 2.60 bits per heavy atom. The molecule has 0 spiro atoms. The molecule has 25 heavy (non-hydrogen) atoms. The van der Waals surface area contributed by atoms with Crippen LogP contribution in [0.15, 0.2) is 55.0 Å². The Labute approximate surface area is 140 Å². The van der Waals surface area contributed by atoms with Gasteiger partial charge in [0.25, 0.3) is 0 Å². The van der Waals surface area contributed by atoms with E-state index in [1.807, 2.05) is 0 Å². The van der Waals surface area contributed by atoms with Crippen molar-refractivity contribution in [3.63, 3.8) is 0 Å². The standard InChI is InChI=1S/C17H12F4N4/c18-13-7-12(8-22-10-13)16-23-6-5-15(25-16)24-9-11-3-1-2-4-14(11)17(19,20)21/h1-8,10H,9H2,(H,23,24,25). The summed E-state index contributed by atoms with van der Waals surface area (Å²) in [6.45, 7) is -0.0620. The van der Waals surface area contributed by atoms with Crippen LogP contribution in [0.5, 0.6) is 0 Å². The fraction of sp³-hybridized carbons (Fsp3) is 0.118. The van der Waals surface area contributed by atoms with Gasteiger partial charge >= 0.3 is 6.18 Å². The first kappa shape index (κ1) is 16.8. The number of hydrogen-bond acceptors (Lipinski definition) is 4. The van der Waals surface area contributed by atoms with E-state index in [4.69, 9.17) is 0 Å². The summed E-state index contributed by atoms with van der Waals surface area (Å²) in [6.07, 6.45) is -0.533. The summed E-state index contributed by atoms with van der Waals surface area (Å²) in [7, 11) is 0. The maximum absolute atomic E-state index is 13.2. The monoisotopic (exact) mass is 348 g/mol. The fourth-order valence-corrected chi connectivity index (χ4v) is 2.27. The Bertz CT molecular complexity index is 880. The number of aromatic nitrogens is 3. The summed E-state index contributed by atoms with van der Waals surface area (Å²) in [5.74, 6) is 0.0194.